The number of aromatic nitrogens is 2. The standard InChI is InChI=1S/C21H29N5O3S/c1-15-18(16(2)29-23-15)14-30-20-17(7-5-8-22-20)21(28)26-10-6-9-25(11-12-26)13-19(27)24(3)4/h5,7-8H,6,9-14H2,1-4H3. The van der Waals surface area contributed by atoms with Crippen molar-refractivity contribution in [3.63, 3.8) is 0 Å². The molecule has 0 radical (unpaired) electrons. The molecule has 1 aliphatic rings. The molecule has 0 spiro atoms. The smallest absolute Gasteiger partial charge is 0.256 e. The van der Waals surface area contributed by atoms with Gasteiger partial charge in [0.25, 0.3) is 5.91 Å². The summed E-state index contributed by atoms with van der Waals surface area (Å²) in [7, 11) is 3.53. The zero-order chi connectivity index (χ0) is 21.7. The number of likely N-dealkylation sites (N-methyl/N-ethyl adjacent to an activating group) is 1. The molecule has 0 aromatic carbocycles. The highest BCUT2D eigenvalue weighted by Crippen LogP contribution is 2.28. The Labute approximate surface area is 181 Å². The quantitative estimate of drug-likeness (QED) is 0.649. The first-order valence-corrected chi connectivity index (χ1v) is 11.1. The lowest BCUT2D eigenvalue weighted by Gasteiger charge is -2.23. The van der Waals surface area contributed by atoms with Gasteiger partial charge in [-0.3, -0.25) is 14.5 Å². The third kappa shape index (κ3) is 5.40. The summed E-state index contributed by atoms with van der Waals surface area (Å²) in [6, 6.07) is 3.64. The molecule has 0 atom stereocenters. The number of thioether (sulfide) groups is 1. The molecule has 3 heterocycles. The minimum Gasteiger partial charge on any atom is -0.361 e. The number of aryl methyl sites for hydroxylation is 2. The molecule has 2 amide bonds. The molecule has 0 N–H and O–H groups in total. The summed E-state index contributed by atoms with van der Waals surface area (Å²) in [6.45, 7) is 6.97. The first kappa shape index (κ1) is 22.3. The van der Waals surface area contributed by atoms with E-state index in [0.29, 0.717) is 42.5 Å². The van der Waals surface area contributed by atoms with Crippen molar-refractivity contribution in [2.75, 3.05) is 46.8 Å². The molecule has 9 heteroatoms. The third-order valence-electron chi connectivity index (χ3n) is 5.27. The van der Waals surface area contributed by atoms with E-state index >= 15 is 0 Å². The number of carbonyl (C=O) groups is 2. The fourth-order valence-electron chi connectivity index (χ4n) is 3.35. The Hall–Kier alpha value is -2.39. The lowest BCUT2D eigenvalue weighted by molar-refractivity contribution is -0.129. The van der Waals surface area contributed by atoms with E-state index in [9.17, 15) is 9.59 Å². The topological polar surface area (TPSA) is 82.8 Å². The van der Waals surface area contributed by atoms with Gasteiger partial charge in [-0.1, -0.05) is 5.16 Å². The van der Waals surface area contributed by atoms with Crippen molar-refractivity contribution in [1.82, 2.24) is 24.8 Å². The van der Waals surface area contributed by atoms with E-state index in [-0.39, 0.29) is 11.8 Å². The molecular formula is C21H29N5O3S. The van der Waals surface area contributed by atoms with Crippen molar-refractivity contribution in [2.24, 2.45) is 0 Å². The minimum absolute atomic E-state index is 0.00912. The maximum Gasteiger partial charge on any atom is 0.256 e. The van der Waals surface area contributed by atoms with E-state index in [0.717, 1.165) is 30.0 Å². The molecule has 2 aromatic heterocycles. The van der Waals surface area contributed by atoms with Gasteiger partial charge in [0.05, 0.1) is 17.8 Å². The molecule has 0 unspecified atom stereocenters. The van der Waals surface area contributed by atoms with Crippen LogP contribution in [0.1, 0.15) is 33.8 Å². The van der Waals surface area contributed by atoms with Crippen LogP contribution in [0.2, 0.25) is 0 Å². The van der Waals surface area contributed by atoms with E-state index in [4.69, 9.17) is 4.52 Å². The van der Waals surface area contributed by atoms with Crippen LogP contribution in [0.15, 0.2) is 27.9 Å². The summed E-state index contributed by atoms with van der Waals surface area (Å²) in [5, 5.41) is 4.71. The summed E-state index contributed by atoms with van der Waals surface area (Å²) >= 11 is 1.52. The lowest BCUT2D eigenvalue weighted by atomic mass is 10.2. The molecule has 0 saturated carbocycles. The lowest BCUT2D eigenvalue weighted by Crippen LogP contribution is -2.39. The van der Waals surface area contributed by atoms with Crippen LogP contribution in [0, 0.1) is 13.8 Å². The fourth-order valence-corrected chi connectivity index (χ4v) is 4.49. The highest BCUT2D eigenvalue weighted by atomic mass is 32.2. The Kier molecular flexibility index (Phi) is 7.49. The number of pyridine rings is 1. The Morgan fingerprint density at radius 1 is 1.20 bits per heavy atom. The van der Waals surface area contributed by atoms with Gasteiger partial charge in [0.1, 0.15) is 10.8 Å². The zero-order valence-electron chi connectivity index (χ0n) is 18.1. The Morgan fingerprint density at radius 2 is 2.00 bits per heavy atom. The Balaban J connectivity index is 1.66. The summed E-state index contributed by atoms with van der Waals surface area (Å²) in [5.41, 5.74) is 2.52. The second-order valence-corrected chi connectivity index (χ2v) is 8.62. The summed E-state index contributed by atoms with van der Waals surface area (Å²) in [5.74, 6) is 1.52. The maximum absolute atomic E-state index is 13.3. The van der Waals surface area contributed by atoms with Crippen molar-refractivity contribution in [3.8, 4) is 0 Å². The third-order valence-corrected chi connectivity index (χ3v) is 6.30. The minimum atomic E-state index is -0.00912. The highest BCUT2D eigenvalue weighted by Gasteiger charge is 2.24. The molecule has 1 saturated heterocycles. The van der Waals surface area contributed by atoms with E-state index in [2.05, 4.69) is 15.0 Å². The average molecular weight is 432 g/mol. The second-order valence-electron chi connectivity index (χ2n) is 7.66. The Morgan fingerprint density at radius 3 is 2.70 bits per heavy atom. The van der Waals surface area contributed by atoms with E-state index in [1.165, 1.54) is 11.8 Å². The van der Waals surface area contributed by atoms with Crippen LogP contribution in [0.25, 0.3) is 0 Å². The van der Waals surface area contributed by atoms with Gasteiger partial charge in [-0.15, -0.1) is 11.8 Å². The maximum atomic E-state index is 13.3. The van der Waals surface area contributed by atoms with Crippen molar-refractivity contribution in [2.45, 2.75) is 31.0 Å². The van der Waals surface area contributed by atoms with Gasteiger partial charge in [-0.2, -0.15) is 0 Å². The van der Waals surface area contributed by atoms with Crippen molar-refractivity contribution < 1.29 is 14.1 Å². The molecule has 1 aliphatic heterocycles. The van der Waals surface area contributed by atoms with Gasteiger partial charge in [0, 0.05) is 57.8 Å². The molecule has 8 nitrogen and oxygen atoms in total. The SMILES string of the molecule is Cc1noc(C)c1CSc1ncccc1C(=O)N1CCCN(CC(=O)N(C)C)CC1. The van der Waals surface area contributed by atoms with Gasteiger partial charge in [-0.25, -0.2) is 4.98 Å². The largest absolute Gasteiger partial charge is 0.361 e. The predicted molar refractivity (Wildman–Crippen MR) is 115 cm³/mol. The molecule has 1 fully saturated rings. The van der Waals surface area contributed by atoms with Crippen LogP contribution in [-0.4, -0.2) is 83.5 Å². The Bertz CT molecular complexity index is 879. The predicted octanol–water partition coefficient (Wildman–Crippen LogP) is 2.21. The van der Waals surface area contributed by atoms with Gasteiger partial charge in [0.2, 0.25) is 5.91 Å². The van der Waals surface area contributed by atoms with Gasteiger partial charge in [-0.05, 0) is 32.4 Å². The average Bonchev–Trinajstić information content (AvgIpc) is 2.91. The monoisotopic (exact) mass is 431 g/mol. The highest BCUT2D eigenvalue weighted by molar-refractivity contribution is 7.98. The summed E-state index contributed by atoms with van der Waals surface area (Å²) in [6.07, 6.45) is 2.55. The summed E-state index contributed by atoms with van der Waals surface area (Å²) < 4.78 is 5.23. The molecule has 0 aliphatic carbocycles. The first-order valence-electron chi connectivity index (χ1n) is 10.1. The van der Waals surface area contributed by atoms with Crippen LogP contribution >= 0.6 is 11.8 Å². The number of nitrogens with zero attached hydrogens (tertiary/aromatic N) is 5. The van der Waals surface area contributed by atoms with Crippen LogP contribution < -0.4 is 0 Å². The normalized spacial score (nSPS) is 15.1. The van der Waals surface area contributed by atoms with E-state index in [1.54, 1.807) is 31.3 Å². The molecule has 3 rings (SSSR count). The fraction of sp³-hybridized carbons (Fsp3) is 0.524. The number of rotatable bonds is 6. The van der Waals surface area contributed by atoms with Crippen LogP contribution in [0.3, 0.4) is 0 Å². The molecule has 162 valence electrons. The van der Waals surface area contributed by atoms with Gasteiger partial charge >= 0.3 is 0 Å². The van der Waals surface area contributed by atoms with Crippen molar-refractivity contribution >= 4 is 23.6 Å². The first-order chi connectivity index (χ1) is 14.4. The van der Waals surface area contributed by atoms with Crippen molar-refractivity contribution in [3.05, 3.63) is 40.9 Å². The zero-order valence-corrected chi connectivity index (χ0v) is 18.9. The molecule has 30 heavy (non-hydrogen) atoms. The number of hydrogen-bond acceptors (Lipinski definition) is 7. The summed E-state index contributed by atoms with van der Waals surface area (Å²) in [4.78, 5) is 35.3. The van der Waals surface area contributed by atoms with Crippen LogP contribution in [-0.2, 0) is 10.5 Å². The van der Waals surface area contributed by atoms with E-state index in [1.807, 2.05) is 24.8 Å². The van der Waals surface area contributed by atoms with E-state index < -0.39 is 0 Å². The van der Waals surface area contributed by atoms with Crippen LogP contribution in [0.5, 0.6) is 0 Å². The molecular weight excluding hydrogens is 402 g/mol. The number of hydrogen-bond donors (Lipinski definition) is 0. The van der Waals surface area contributed by atoms with Crippen LogP contribution in [0.4, 0.5) is 0 Å². The van der Waals surface area contributed by atoms with Gasteiger partial charge in [0.15, 0.2) is 0 Å². The van der Waals surface area contributed by atoms with Gasteiger partial charge < -0.3 is 14.3 Å². The molecule has 2 aromatic rings. The number of carbonyl (C=O) groups excluding carboxylic acids is 2. The second kappa shape index (κ2) is 10.1. The van der Waals surface area contributed by atoms with Crippen molar-refractivity contribution in [1.29, 1.82) is 0 Å². The molecule has 0 bridgehead atoms. The number of amides is 2.